The molecule has 2 atom stereocenters. The van der Waals surface area contributed by atoms with E-state index in [9.17, 15) is 4.79 Å². The number of carbonyl (C=O) groups excluding carboxylic acids is 1. The number of hydrogen-bond donors (Lipinski definition) is 1. The molecule has 0 saturated carbocycles. The minimum atomic E-state index is 0.0531. The largest absolute Gasteiger partial charge is 0.381 e. The molecule has 4 nitrogen and oxygen atoms in total. The molecule has 2 aliphatic rings. The predicted octanol–water partition coefficient (Wildman–Crippen LogP) is -0.157. The van der Waals surface area contributed by atoms with E-state index in [1.807, 2.05) is 11.9 Å². The van der Waals surface area contributed by atoms with Gasteiger partial charge in [-0.05, 0) is 19.9 Å². The molecule has 4 heteroatoms. The van der Waals surface area contributed by atoms with Gasteiger partial charge >= 0.3 is 0 Å². The molecular formula is C10H18N2O2. The van der Waals surface area contributed by atoms with Crippen LogP contribution in [0.5, 0.6) is 0 Å². The summed E-state index contributed by atoms with van der Waals surface area (Å²) in [5.74, 6) is 0.828. The summed E-state index contributed by atoms with van der Waals surface area (Å²) < 4.78 is 5.30. The van der Waals surface area contributed by atoms with Gasteiger partial charge in [0.25, 0.3) is 0 Å². The molecule has 14 heavy (non-hydrogen) atoms. The number of nitrogens with zero attached hydrogens (tertiary/aromatic N) is 1. The van der Waals surface area contributed by atoms with Crippen molar-refractivity contribution >= 4 is 5.91 Å². The first-order chi connectivity index (χ1) is 6.81. The summed E-state index contributed by atoms with van der Waals surface area (Å²) in [7, 11) is 1.85. The Kier molecular flexibility index (Phi) is 3.03. The summed E-state index contributed by atoms with van der Waals surface area (Å²) in [6.45, 7) is 3.48. The van der Waals surface area contributed by atoms with Crippen LogP contribution in [0.15, 0.2) is 0 Å². The van der Waals surface area contributed by atoms with Crippen molar-refractivity contribution in [2.45, 2.75) is 18.9 Å². The second-order valence-corrected chi connectivity index (χ2v) is 4.14. The Hall–Kier alpha value is -0.610. The van der Waals surface area contributed by atoms with Crippen LogP contribution >= 0.6 is 0 Å². The fourth-order valence-corrected chi connectivity index (χ4v) is 2.23. The van der Waals surface area contributed by atoms with Gasteiger partial charge in [-0.15, -0.1) is 0 Å². The van der Waals surface area contributed by atoms with Crippen molar-refractivity contribution in [2.75, 3.05) is 33.4 Å². The van der Waals surface area contributed by atoms with Crippen LogP contribution in [0.25, 0.3) is 0 Å². The number of ether oxygens (including phenoxy) is 1. The number of rotatable bonds is 3. The second kappa shape index (κ2) is 4.28. The maximum atomic E-state index is 11.7. The van der Waals surface area contributed by atoms with Crippen LogP contribution in [0.1, 0.15) is 12.8 Å². The number of likely N-dealkylation sites (tertiary alicyclic amines) is 1. The lowest BCUT2D eigenvalue weighted by molar-refractivity contribution is -0.129. The van der Waals surface area contributed by atoms with Gasteiger partial charge in [0.05, 0.1) is 12.6 Å². The molecular weight excluding hydrogens is 180 g/mol. The summed E-state index contributed by atoms with van der Waals surface area (Å²) in [5.41, 5.74) is 0. The third-order valence-electron chi connectivity index (χ3n) is 3.15. The van der Waals surface area contributed by atoms with E-state index in [0.29, 0.717) is 5.92 Å². The van der Waals surface area contributed by atoms with Crippen molar-refractivity contribution in [1.82, 2.24) is 10.2 Å². The quantitative estimate of drug-likeness (QED) is 0.685. The molecule has 1 N–H and O–H groups in total. The fourth-order valence-electron chi connectivity index (χ4n) is 2.23. The number of carbonyl (C=O) groups is 1. The standard InChI is InChI=1S/C10H18N2O2/c1-11-9-2-4-12(10(9)13)6-8-3-5-14-7-8/h8-9,11H,2-7H2,1H3. The third-order valence-corrected chi connectivity index (χ3v) is 3.15. The molecule has 2 fully saturated rings. The van der Waals surface area contributed by atoms with E-state index in [4.69, 9.17) is 4.74 Å². The zero-order chi connectivity index (χ0) is 9.97. The van der Waals surface area contributed by atoms with Crippen LogP contribution in [0.2, 0.25) is 0 Å². The zero-order valence-corrected chi connectivity index (χ0v) is 8.66. The lowest BCUT2D eigenvalue weighted by atomic mass is 10.1. The van der Waals surface area contributed by atoms with Gasteiger partial charge in [-0.3, -0.25) is 4.79 Å². The SMILES string of the molecule is CNC1CCN(CC2CCOC2)C1=O. The van der Waals surface area contributed by atoms with E-state index in [1.54, 1.807) is 0 Å². The molecule has 2 aliphatic heterocycles. The predicted molar refractivity (Wildman–Crippen MR) is 53.0 cm³/mol. The molecule has 0 aromatic carbocycles. The molecule has 0 bridgehead atoms. The Bertz CT molecular complexity index is 214. The zero-order valence-electron chi connectivity index (χ0n) is 8.66. The molecule has 2 heterocycles. The van der Waals surface area contributed by atoms with E-state index in [2.05, 4.69) is 5.32 Å². The average Bonchev–Trinajstić information content (AvgIpc) is 2.79. The first-order valence-electron chi connectivity index (χ1n) is 5.35. The Labute approximate surface area is 84.6 Å². The van der Waals surface area contributed by atoms with E-state index in [-0.39, 0.29) is 11.9 Å². The van der Waals surface area contributed by atoms with E-state index < -0.39 is 0 Å². The van der Waals surface area contributed by atoms with Crippen molar-refractivity contribution in [1.29, 1.82) is 0 Å². The van der Waals surface area contributed by atoms with Crippen molar-refractivity contribution in [3.8, 4) is 0 Å². The lowest BCUT2D eigenvalue weighted by Gasteiger charge is -2.19. The lowest BCUT2D eigenvalue weighted by Crippen LogP contribution is -2.38. The van der Waals surface area contributed by atoms with Gasteiger partial charge in [-0.25, -0.2) is 0 Å². The highest BCUT2D eigenvalue weighted by Crippen LogP contribution is 2.18. The van der Waals surface area contributed by atoms with Crippen molar-refractivity contribution in [3.63, 3.8) is 0 Å². The molecule has 1 amide bonds. The molecule has 2 saturated heterocycles. The van der Waals surface area contributed by atoms with Crippen LogP contribution in [-0.4, -0.2) is 50.2 Å². The second-order valence-electron chi connectivity index (χ2n) is 4.14. The van der Waals surface area contributed by atoms with Gasteiger partial charge < -0.3 is 15.0 Å². The number of hydrogen-bond acceptors (Lipinski definition) is 3. The van der Waals surface area contributed by atoms with E-state index >= 15 is 0 Å². The molecule has 0 aliphatic carbocycles. The van der Waals surface area contributed by atoms with Gasteiger partial charge in [-0.1, -0.05) is 0 Å². The molecule has 80 valence electrons. The number of nitrogens with one attached hydrogen (secondary N) is 1. The molecule has 0 radical (unpaired) electrons. The summed E-state index contributed by atoms with van der Waals surface area (Å²) in [6, 6.07) is 0.0531. The maximum absolute atomic E-state index is 11.7. The summed E-state index contributed by atoms with van der Waals surface area (Å²) >= 11 is 0. The first kappa shape index (κ1) is 9.93. The average molecular weight is 198 g/mol. The van der Waals surface area contributed by atoms with Crippen LogP contribution in [0.4, 0.5) is 0 Å². The molecule has 0 spiro atoms. The molecule has 0 aromatic heterocycles. The van der Waals surface area contributed by atoms with Crippen LogP contribution in [0.3, 0.4) is 0 Å². The summed E-state index contributed by atoms with van der Waals surface area (Å²) in [4.78, 5) is 13.7. The van der Waals surface area contributed by atoms with E-state index in [1.165, 1.54) is 0 Å². The normalized spacial score (nSPS) is 32.9. The summed E-state index contributed by atoms with van der Waals surface area (Å²) in [5, 5.41) is 3.05. The highest BCUT2D eigenvalue weighted by Gasteiger charge is 2.32. The van der Waals surface area contributed by atoms with Gasteiger partial charge in [0, 0.05) is 25.6 Å². The number of amides is 1. The van der Waals surface area contributed by atoms with Crippen molar-refractivity contribution in [3.05, 3.63) is 0 Å². The van der Waals surface area contributed by atoms with Crippen LogP contribution in [0, 0.1) is 5.92 Å². The van der Waals surface area contributed by atoms with Crippen molar-refractivity contribution in [2.24, 2.45) is 5.92 Å². The smallest absolute Gasteiger partial charge is 0.239 e. The fraction of sp³-hybridized carbons (Fsp3) is 0.900. The minimum absolute atomic E-state index is 0.0531. The highest BCUT2D eigenvalue weighted by molar-refractivity contribution is 5.83. The first-order valence-corrected chi connectivity index (χ1v) is 5.35. The third kappa shape index (κ3) is 1.91. The Morgan fingerprint density at radius 2 is 2.43 bits per heavy atom. The van der Waals surface area contributed by atoms with Gasteiger partial charge in [0.2, 0.25) is 5.91 Å². The monoisotopic (exact) mass is 198 g/mol. The maximum Gasteiger partial charge on any atom is 0.239 e. The van der Waals surface area contributed by atoms with Gasteiger partial charge in [-0.2, -0.15) is 0 Å². The molecule has 2 rings (SSSR count). The molecule has 0 aromatic rings. The van der Waals surface area contributed by atoms with Gasteiger partial charge in [0.15, 0.2) is 0 Å². The Balaban J connectivity index is 1.84. The van der Waals surface area contributed by atoms with Crippen LogP contribution in [-0.2, 0) is 9.53 Å². The Morgan fingerprint density at radius 3 is 3.00 bits per heavy atom. The molecule has 2 unspecified atom stereocenters. The Morgan fingerprint density at radius 1 is 1.57 bits per heavy atom. The number of likely N-dealkylation sites (N-methyl/N-ethyl adjacent to an activating group) is 1. The highest BCUT2D eigenvalue weighted by atomic mass is 16.5. The topological polar surface area (TPSA) is 41.6 Å². The van der Waals surface area contributed by atoms with Crippen molar-refractivity contribution < 1.29 is 9.53 Å². The summed E-state index contributed by atoms with van der Waals surface area (Å²) in [6.07, 6.45) is 2.05. The minimum Gasteiger partial charge on any atom is -0.381 e. The van der Waals surface area contributed by atoms with Gasteiger partial charge in [0.1, 0.15) is 0 Å². The van der Waals surface area contributed by atoms with Crippen LogP contribution < -0.4 is 5.32 Å². The van der Waals surface area contributed by atoms with E-state index in [0.717, 1.165) is 39.1 Å².